The molecule has 2 aromatic carbocycles. The van der Waals surface area contributed by atoms with Gasteiger partial charge in [-0.25, -0.2) is 4.39 Å². The van der Waals surface area contributed by atoms with E-state index in [1.807, 2.05) is 17.0 Å². The van der Waals surface area contributed by atoms with Gasteiger partial charge in [-0.15, -0.1) is 0 Å². The predicted octanol–water partition coefficient (Wildman–Crippen LogP) is 3.33. The minimum atomic E-state index is -0.445. The highest BCUT2D eigenvalue weighted by atomic mass is 19.1. The summed E-state index contributed by atoms with van der Waals surface area (Å²) in [5.41, 5.74) is 3.12. The lowest BCUT2D eigenvalue weighted by atomic mass is 9.92. The molecule has 2 aliphatic heterocycles. The molecule has 0 radical (unpaired) electrons. The molecule has 1 atom stereocenters. The van der Waals surface area contributed by atoms with Crippen molar-refractivity contribution in [1.29, 1.82) is 0 Å². The summed E-state index contributed by atoms with van der Waals surface area (Å²) in [7, 11) is 1.52. The number of hydrogen-bond donors (Lipinski definition) is 1. The molecule has 2 heterocycles. The molecule has 2 amide bonds. The molecule has 4 rings (SSSR count). The molecule has 5 nitrogen and oxygen atoms in total. The van der Waals surface area contributed by atoms with E-state index in [1.54, 1.807) is 18.2 Å². The first kappa shape index (κ1) is 20.5. The van der Waals surface area contributed by atoms with Crippen LogP contribution in [0.1, 0.15) is 46.5 Å². The van der Waals surface area contributed by atoms with Gasteiger partial charge in [-0.1, -0.05) is 18.2 Å². The molecule has 30 heavy (non-hydrogen) atoms. The van der Waals surface area contributed by atoms with Crippen molar-refractivity contribution in [3.05, 3.63) is 58.9 Å². The summed E-state index contributed by atoms with van der Waals surface area (Å²) in [5, 5.41) is 2.50. The molecule has 0 bridgehead atoms. The fourth-order valence-corrected chi connectivity index (χ4v) is 4.55. The van der Waals surface area contributed by atoms with Gasteiger partial charge in [0.05, 0.1) is 0 Å². The molecular formula is C24H28FN3O2. The average Bonchev–Trinajstić information content (AvgIpc) is 3.23. The summed E-state index contributed by atoms with van der Waals surface area (Å²) in [6.07, 6.45) is 1.78. The fourth-order valence-electron chi connectivity index (χ4n) is 4.55. The van der Waals surface area contributed by atoms with Gasteiger partial charge >= 0.3 is 0 Å². The lowest BCUT2D eigenvalue weighted by Crippen LogP contribution is -2.46. The number of benzene rings is 2. The van der Waals surface area contributed by atoms with Crippen molar-refractivity contribution in [3.63, 3.8) is 0 Å². The number of fused-ring (bicyclic) bond motifs is 1. The van der Waals surface area contributed by atoms with E-state index in [-0.39, 0.29) is 23.4 Å². The van der Waals surface area contributed by atoms with Gasteiger partial charge in [-0.2, -0.15) is 0 Å². The van der Waals surface area contributed by atoms with Crippen LogP contribution in [-0.2, 0) is 6.42 Å². The lowest BCUT2D eigenvalue weighted by Gasteiger charge is -2.34. The van der Waals surface area contributed by atoms with Crippen LogP contribution in [0, 0.1) is 5.82 Å². The molecule has 1 N–H and O–H groups in total. The van der Waals surface area contributed by atoms with Crippen LogP contribution in [0.3, 0.4) is 0 Å². The number of nitrogens with one attached hydrogen (secondary N) is 1. The van der Waals surface area contributed by atoms with Crippen molar-refractivity contribution in [3.8, 4) is 11.1 Å². The summed E-state index contributed by atoms with van der Waals surface area (Å²) in [4.78, 5) is 29.3. The Labute approximate surface area is 176 Å². The topological polar surface area (TPSA) is 52.7 Å². The number of hydrogen-bond acceptors (Lipinski definition) is 3. The molecule has 0 aliphatic carbocycles. The molecule has 0 unspecified atom stereocenters. The van der Waals surface area contributed by atoms with Gasteiger partial charge in [0.2, 0.25) is 0 Å². The van der Waals surface area contributed by atoms with Crippen LogP contribution in [0.4, 0.5) is 4.39 Å². The van der Waals surface area contributed by atoms with Gasteiger partial charge in [0.15, 0.2) is 0 Å². The Bertz CT molecular complexity index is 988. The van der Waals surface area contributed by atoms with Crippen molar-refractivity contribution in [1.82, 2.24) is 15.1 Å². The highest BCUT2D eigenvalue weighted by molar-refractivity contribution is 5.98. The van der Waals surface area contributed by atoms with Crippen LogP contribution < -0.4 is 5.32 Å². The largest absolute Gasteiger partial charge is 0.355 e. The molecule has 1 saturated heterocycles. The van der Waals surface area contributed by atoms with E-state index >= 15 is 0 Å². The zero-order chi connectivity index (χ0) is 21.4. The monoisotopic (exact) mass is 409 g/mol. The van der Waals surface area contributed by atoms with Crippen LogP contribution in [0.5, 0.6) is 0 Å². The van der Waals surface area contributed by atoms with E-state index in [0.717, 1.165) is 42.6 Å². The van der Waals surface area contributed by atoms with Gasteiger partial charge < -0.3 is 10.2 Å². The van der Waals surface area contributed by atoms with Crippen LogP contribution in [0.25, 0.3) is 11.1 Å². The van der Waals surface area contributed by atoms with Gasteiger partial charge in [0, 0.05) is 55.5 Å². The van der Waals surface area contributed by atoms with Gasteiger partial charge in [-0.05, 0) is 56.0 Å². The van der Waals surface area contributed by atoms with E-state index in [4.69, 9.17) is 0 Å². The number of halogens is 1. The first-order chi connectivity index (χ1) is 14.4. The Kier molecular flexibility index (Phi) is 5.60. The number of carbonyl (C=O) groups excluding carboxylic acids is 2. The Morgan fingerprint density at radius 1 is 1.13 bits per heavy atom. The molecule has 0 spiro atoms. The minimum Gasteiger partial charge on any atom is -0.355 e. The van der Waals surface area contributed by atoms with E-state index < -0.39 is 5.82 Å². The van der Waals surface area contributed by atoms with Gasteiger partial charge in [-0.3, -0.25) is 14.5 Å². The van der Waals surface area contributed by atoms with E-state index in [1.165, 1.54) is 13.1 Å². The third-order valence-electron chi connectivity index (χ3n) is 6.35. The zero-order valence-corrected chi connectivity index (χ0v) is 17.7. The van der Waals surface area contributed by atoms with Crippen LogP contribution in [0.2, 0.25) is 0 Å². The van der Waals surface area contributed by atoms with Crippen LogP contribution in [0.15, 0.2) is 36.4 Å². The highest BCUT2D eigenvalue weighted by Gasteiger charge is 2.34. The first-order valence-corrected chi connectivity index (χ1v) is 10.6. The molecule has 158 valence electrons. The first-order valence-electron chi connectivity index (χ1n) is 10.6. The molecule has 2 aliphatic rings. The summed E-state index contributed by atoms with van der Waals surface area (Å²) in [6, 6.07) is 10.8. The molecule has 6 heteroatoms. The van der Waals surface area contributed by atoms with Crippen molar-refractivity contribution in [2.75, 3.05) is 26.7 Å². The van der Waals surface area contributed by atoms with Crippen molar-refractivity contribution >= 4 is 11.8 Å². The fraction of sp³-hybridized carbons (Fsp3) is 0.417. The second-order valence-corrected chi connectivity index (χ2v) is 8.43. The molecule has 0 saturated carbocycles. The smallest absolute Gasteiger partial charge is 0.254 e. The Hall–Kier alpha value is -2.73. The average molecular weight is 410 g/mol. The van der Waals surface area contributed by atoms with Crippen LogP contribution >= 0.6 is 0 Å². The van der Waals surface area contributed by atoms with Crippen molar-refractivity contribution in [2.24, 2.45) is 0 Å². The molecule has 2 aromatic rings. The predicted molar refractivity (Wildman–Crippen MR) is 115 cm³/mol. The summed E-state index contributed by atoms with van der Waals surface area (Å²) >= 11 is 0. The van der Waals surface area contributed by atoms with Crippen LogP contribution in [-0.4, -0.2) is 60.4 Å². The zero-order valence-electron chi connectivity index (χ0n) is 17.7. The number of nitrogens with zero attached hydrogens (tertiary/aromatic N) is 2. The second-order valence-electron chi connectivity index (χ2n) is 8.43. The third kappa shape index (κ3) is 3.72. The number of rotatable bonds is 4. The summed E-state index contributed by atoms with van der Waals surface area (Å²) in [5.74, 6) is -0.687. The Morgan fingerprint density at radius 3 is 2.57 bits per heavy atom. The van der Waals surface area contributed by atoms with Crippen molar-refractivity contribution in [2.45, 2.75) is 38.8 Å². The summed E-state index contributed by atoms with van der Waals surface area (Å²) < 4.78 is 14.6. The van der Waals surface area contributed by atoms with Gasteiger partial charge in [0.25, 0.3) is 11.8 Å². The quantitative estimate of drug-likeness (QED) is 0.843. The molecule has 1 fully saturated rings. The maximum Gasteiger partial charge on any atom is 0.254 e. The third-order valence-corrected chi connectivity index (χ3v) is 6.35. The number of likely N-dealkylation sites (tertiary alicyclic amines) is 1. The second kappa shape index (κ2) is 8.19. The number of carbonyl (C=O) groups is 2. The molecule has 0 aromatic heterocycles. The van der Waals surface area contributed by atoms with E-state index in [9.17, 15) is 14.0 Å². The Balaban J connectivity index is 1.56. The highest BCUT2D eigenvalue weighted by Crippen LogP contribution is 2.30. The van der Waals surface area contributed by atoms with Gasteiger partial charge in [0.1, 0.15) is 5.82 Å². The van der Waals surface area contributed by atoms with Crippen molar-refractivity contribution < 1.29 is 14.0 Å². The normalized spacial score (nSPS) is 19.3. The lowest BCUT2D eigenvalue weighted by molar-refractivity contribution is 0.0660. The standard InChI is InChI=1S/C24H28FN3O2/c1-15(2)27-10-9-19(14-27)28-11-8-17-12-16(4-7-21(17)24(28)30)20-6-5-18(13-22(20)25)23(29)26-3/h4-7,12-13,15,19H,8-11,14H2,1-3H3,(H,26,29)/t19-/m0/s1. The SMILES string of the molecule is CNC(=O)c1ccc(-c2ccc3c(c2)CCN([C@H]2CCN(C(C)C)C2)C3=O)c(F)c1. The van der Waals surface area contributed by atoms with E-state index in [2.05, 4.69) is 24.1 Å². The molecular weight excluding hydrogens is 381 g/mol. The Morgan fingerprint density at radius 2 is 1.90 bits per heavy atom. The number of amides is 2. The minimum absolute atomic E-state index is 0.0776. The maximum atomic E-state index is 14.6. The summed E-state index contributed by atoms with van der Waals surface area (Å²) in [6.45, 7) is 7.04. The van der Waals surface area contributed by atoms with E-state index in [0.29, 0.717) is 18.2 Å². The maximum absolute atomic E-state index is 14.6.